The van der Waals surface area contributed by atoms with Gasteiger partial charge in [-0.2, -0.15) is 0 Å². The van der Waals surface area contributed by atoms with E-state index in [1.807, 2.05) is 27.7 Å². The number of imide groups is 1. The SMILES string of the molecule is CCC(C)NC(=O)CCCN1C(=O)CC(SCCCC(=O)NC(C)C(=O)NC(C)C(=O)NC(C)C)C1=O. The topological polar surface area (TPSA) is 154 Å². The summed E-state index contributed by atoms with van der Waals surface area (Å²) in [4.78, 5) is 74.3. The molecule has 1 saturated heterocycles. The number of rotatable bonds is 16. The van der Waals surface area contributed by atoms with E-state index in [2.05, 4.69) is 21.3 Å². The van der Waals surface area contributed by atoms with E-state index in [1.165, 1.54) is 16.7 Å². The van der Waals surface area contributed by atoms with Crippen molar-refractivity contribution in [3.63, 3.8) is 0 Å². The Hall–Kier alpha value is -2.63. The predicted octanol–water partition coefficient (Wildman–Crippen LogP) is 0.856. The Morgan fingerprint density at radius 2 is 1.43 bits per heavy atom. The van der Waals surface area contributed by atoms with Crippen LogP contribution in [0.3, 0.4) is 0 Å². The van der Waals surface area contributed by atoms with E-state index in [9.17, 15) is 28.8 Å². The van der Waals surface area contributed by atoms with Gasteiger partial charge in [0, 0.05) is 37.9 Å². The van der Waals surface area contributed by atoms with Gasteiger partial charge in [-0.05, 0) is 59.6 Å². The van der Waals surface area contributed by atoms with Gasteiger partial charge in [-0.25, -0.2) is 0 Å². The minimum absolute atomic E-state index is 0.0462. The molecule has 0 aliphatic carbocycles. The molecule has 0 radical (unpaired) electrons. The van der Waals surface area contributed by atoms with Crippen molar-refractivity contribution in [3.05, 3.63) is 0 Å². The summed E-state index contributed by atoms with van der Waals surface area (Å²) in [6.45, 7) is 10.9. The Kier molecular flexibility index (Phi) is 14.2. The number of hydrogen-bond acceptors (Lipinski definition) is 7. The number of carbonyl (C=O) groups is 6. The highest BCUT2D eigenvalue weighted by Crippen LogP contribution is 2.26. The standard InChI is InChI=1S/C25H43N5O6S/c1-7-16(4)27-20(31)10-8-12-30-22(33)14-19(25(30)36)37-13-9-11-21(32)28-17(5)24(35)29-18(6)23(34)26-15(2)3/h15-19H,7-14H2,1-6H3,(H,26,34)(H,27,31)(H,28,32)(H,29,35). The third kappa shape index (κ3) is 12.0. The smallest absolute Gasteiger partial charge is 0.242 e. The van der Waals surface area contributed by atoms with Crippen LogP contribution in [0.25, 0.3) is 0 Å². The highest BCUT2D eigenvalue weighted by Gasteiger charge is 2.38. The fraction of sp³-hybridized carbons (Fsp3) is 0.760. The molecule has 0 bridgehead atoms. The Bertz CT molecular complexity index is 836. The van der Waals surface area contributed by atoms with Crippen LogP contribution in [0, 0.1) is 0 Å². The molecule has 1 heterocycles. The summed E-state index contributed by atoms with van der Waals surface area (Å²) in [6.07, 6.45) is 2.28. The minimum Gasteiger partial charge on any atom is -0.354 e. The fourth-order valence-electron chi connectivity index (χ4n) is 3.52. The van der Waals surface area contributed by atoms with Crippen LogP contribution in [0.1, 0.15) is 80.1 Å². The van der Waals surface area contributed by atoms with E-state index in [0.29, 0.717) is 18.6 Å². The molecule has 4 unspecified atom stereocenters. The summed E-state index contributed by atoms with van der Waals surface area (Å²) in [5, 5.41) is 10.3. The molecule has 1 aliphatic heterocycles. The van der Waals surface area contributed by atoms with Crippen LogP contribution < -0.4 is 21.3 Å². The van der Waals surface area contributed by atoms with Crippen molar-refractivity contribution in [1.82, 2.24) is 26.2 Å². The van der Waals surface area contributed by atoms with Crippen molar-refractivity contribution >= 4 is 47.2 Å². The third-order valence-corrected chi connectivity index (χ3v) is 7.12. The monoisotopic (exact) mass is 541 g/mol. The molecule has 1 fully saturated rings. The first-order valence-electron chi connectivity index (χ1n) is 13.0. The lowest BCUT2D eigenvalue weighted by atomic mass is 10.2. The molecule has 6 amide bonds. The van der Waals surface area contributed by atoms with Gasteiger partial charge in [0.1, 0.15) is 12.1 Å². The average molecular weight is 542 g/mol. The zero-order chi connectivity index (χ0) is 28.1. The molecule has 37 heavy (non-hydrogen) atoms. The molecule has 0 aromatic carbocycles. The second kappa shape index (κ2) is 16.3. The highest BCUT2D eigenvalue weighted by molar-refractivity contribution is 8.00. The maximum Gasteiger partial charge on any atom is 0.242 e. The molecule has 0 aromatic rings. The maximum absolute atomic E-state index is 12.6. The molecule has 0 aromatic heterocycles. The molecule has 4 N–H and O–H groups in total. The van der Waals surface area contributed by atoms with Crippen molar-refractivity contribution < 1.29 is 28.8 Å². The Morgan fingerprint density at radius 3 is 2.05 bits per heavy atom. The summed E-state index contributed by atoms with van der Waals surface area (Å²) in [5.74, 6) is -1.13. The van der Waals surface area contributed by atoms with Gasteiger partial charge in [0.25, 0.3) is 0 Å². The molecule has 210 valence electrons. The Balaban J connectivity index is 2.31. The van der Waals surface area contributed by atoms with Crippen LogP contribution in [-0.4, -0.2) is 82.1 Å². The zero-order valence-corrected chi connectivity index (χ0v) is 23.7. The number of nitrogens with zero attached hydrogens (tertiary/aromatic N) is 1. The average Bonchev–Trinajstić information content (AvgIpc) is 3.08. The molecule has 1 aliphatic rings. The van der Waals surface area contributed by atoms with Crippen molar-refractivity contribution in [2.75, 3.05) is 12.3 Å². The zero-order valence-electron chi connectivity index (χ0n) is 22.8. The van der Waals surface area contributed by atoms with Gasteiger partial charge in [0.2, 0.25) is 35.4 Å². The number of hydrogen-bond donors (Lipinski definition) is 4. The maximum atomic E-state index is 12.6. The van der Waals surface area contributed by atoms with E-state index in [4.69, 9.17) is 0 Å². The number of nitrogens with one attached hydrogen (secondary N) is 4. The number of likely N-dealkylation sites (tertiary alicyclic amines) is 1. The van der Waals surface area contributed by atoms with Crippen molar-refractivity contribution in [1.29, 1.82) is 0 Å². The van der Waals surface area contributed by atoms with E-state index in [0.717, 1.165) is 6.42 Å². The predicted molar refractivity (Wildman–Crippen MR) is 142 cm³/mol. The van der Waals surface area contributed by atoms with E-state index in [1.54, 1.807) is 13.8 Å². The van der Waals surface area contributed by atoms with E-state index in [-0.39, 0.29) is 67.4 Å². The van der Waals surface area contributed by atoms with Crippen LogP contribution in [0.5, 0.6) is 0 Å². The van der Waals surface area contributed by atoms with Crippen molar-refractivity contribution in [2.45, 2.75) is 109 Å². The molecule has 0 saturated carbocycles. The Labute approximate surface area is 224 Å². The van der Waals surface area contributed by atoms with Crippen LogP contribution in [0.2, 0.25) is 0 Å². The minimum atomic E-state index is -0.802. The summed E-state index contributed by atoms with van der Waals surface area (Å²) >= 11 is 1.34. The van der Waals surface area contributed by atoms with Gasteiger partial charge in [0.05, 0.1) is 5.25 Å². The highest BCUT2D eigenvalue weighted by atomic mass is 32.2. The Morgan fingerprint density at radius 1 is 0.865 bits per heavy atom. The van der Waals surface area contributed by atoms with Crippen LogP contribution in [0.4, 0.5) is 0 Å². The number of thioether (sulfide) groups is 1. The van der Waals surface area contributed by atoms with Crippen LogP contribution >= 0.6 is 11.8 Å². The van der Waals surface area contributed by atoms with Gasteiger partial charge in [-0.1, -0.05) is 6.92 Å². The second-order valence-corrected chi connectivity index (χ2v) is 11.0. The molecule has 11 nitrogen and oxygen atoms in total. The lowest BCUT2D eigenvalue weighted by Crippen LogP contribution is -2.52. The van der Waals surface area contributed by atoms with Gasteiger partial charge >= 0.3 is 0 Å². The molecule has 4 atom stereocenters. The fourth-order valence-corrected chi connectivity index (χ4v) is 4.64. The summed E-state index contributed by atoms with van der Waals surface area (Å²) < 4.78 is 0. The molecular formula is C25H43N5O6S. The lowest BCUT2D eigenvalue weighted by molar-refractivity contribution is -0.138. The van der Waals surface area contributed by atoms with Gasteiger partial charge < -0.3 is 21.3 Å². The molecule has 1 rings (SSSR count). The van der Waals surface area contributed by atoms with E-state index < -0.39 is 23.2 Å². The van der Waals surface area contributed by atoms with Crippen LogP contribution in [0.15, 0.2) is 0 Å². The molecular weight excluding hydrogens is 498 g/mol. The number of amides is 6. The van der Waals surface area contributed by atoms with Crippen molar-refractivity contribution in [2.24, 2.45) is 0 Å². The molecule has 12 heteroatoms. The lowest BCUT2D eigenvalue weighted by Gasteiger charge is -2.19. The van der Waals surface area contributed by atoms with Crippen molar-refractivity contribution in [3.8, 4) is 0 Å². The summed E-state index contributed by atoms with van der Waals surface area (Å²) in [7, 11) is 0. The third-order valence-electron chi connectivity index (χ3n) is 5.83. The summed E-state index contributed by atoms with van der Waals surface area (Å²) in [5.41, 5.74) is 0. The van der Waals surface area contributed by atoms with Crippen LogP contribution in [-0.2, 0) is 28.8 Å². The number of carbonyl (C=O) groups excluding carboxylic acids is 6. The normalized spacial score (nSPS) is 17.8. The first-order chi connectivity index (χ1) is 17.3. The van der Waals surface area contributed by atoms with Gasteiger partial charge in [-0.15, -0.1) is 11.8 Å². The van der Waals surface area contributed by atoms with Gasteiger partial charge in [-0.3, -0.25) is 33.7 Å². The first kappa shape index (κ1) is 32.4. The van der Waals surface area contributed by atoms with Gasteiger partial charge in [0.15, 0.2) is 0 Å². The first-order valence-corrected chi connectivity index (χ1v) is 14.1. The largest absolute Gasteiger partial charge is 0.354 e. The summed E-state index contributed by atoms with van der Waals surface area (Å²) in [6, 6.07) is -1.48. The quantitative estimate of drug-likeness (QED) is 0.167. The molecule has 0 spiro atoms. The second-order valence-electron chi connectivity index (χ2n) is 9.71. The van der Waals surface area contributed by atoms with E-state index >= 15 is 0 Å².